The Morgan fingerprint density at radius 2 is 1.25 bits per heavy atom. The second-order valence-electron chi connectivity index (χ2n) is 4.14. The van der Waals surface area contributed by atoms with Crippen LogP contribution in [0, 0.1) is 5.92 Å². The Balaban J connectivity index is 0.000000162. The average molecular weight is 224 g/mol. The van der Waals surface area contributed by atoms with Gasteiger partial charge in [-0.25, -0.2) is 0 Å². The molecule has 2 aliphatic rings. The van der Waals surface area contributed by atoms with E-state index in [1.54, 1.807) is 0 Å². The zero-order chi connectivity index (χ0) is 10.6. The minimum Gasteiger partial charge on any atom is -0.412 e. The Bertz CT molecular complexity index is 250. The topological polar surface area (TPSA) is 50.0 Å². The zero-order valence-electron chi connectivity index (χ0n) is 9.69. The van der Waals surface area contributed by atoms with Gasteiger partial charge in [0.1, 0.15) is 0 Å². The van der Waals surface area contributed by atoms with Gasteiger partial charge in [-0.3, -0.25) is 0 Å². The molecule has 1 aromatic rings. The lowest BCUT2D eigenvalue weighted by Gasteiger charge is -2.20. The molecule has 3 heteroatoms. The molecule has 0 unspecified atom stereocenters. The fraction of sp³-hybridized carbons (Fsp3) is 0.538. The molecule has 1 heterocycles. The van der Waals surface area contributed by atoms with E-state index in [0.29, 0.717) is 5.92 Å². The van der Waals surface area contributed by atoms with Crippen LogP contribution in [0.15, 0.2) is 36.4 Å². The quantitative estimate of drug-likeness (QED) is 0.732. The normalized spacial score (nSPS) is 21.6. The lowest BCUT2D eigenvalue weighted by Crippen LogP contribution is -2.27. The van der Waals surface area contributed by atoms with Gasteiger partial charge in [-0.15, -0.1) is 0 Å². The van der Waals surface area contributed by atoms with E-state index >= 15 is 0 Å². The minimum atomic E-state index is -0.194. The lowest BCUT2D eigenvalue weighted by atomic mass is 10.2. The zero-order valence-corrected chi connectivity index (χ0v) is 9.69. The van der Waals surface area contributed by atoms with E-state index in [-0.39, 0.29) is 11.3 Å². The molecular weight excluding hydrogens is 204 g/mol. The van der Waals surface area contributed by atoms with E-state index in [0.717, 1.165) is 13.2 Å². The van der Waals surface area contributed by atoms with E-state index in [4.69, 9.17) is 9.47 Å². The molecule has 0 aromatic heterocycles. The molecule has 0 amide bonds. The summed E-state index contributed by atoms with van der Waals surface area (Å²) in [6.07, 6.45) is 2.58. The van der Waals surface area contributed by atoms with Gasteiger partial charge in [0, 0.05) is 5.92 Å². The first-order chi connectivity index (χ1) is 7.31. The maximum Gasteiger partial charge on any atom is 0.168 e. The van der Waals surface area contributed by atoms with E-state index < -0.39 is 0 Å². The van der Waals surface area contributed by atoms with Crippen LogP contribution in [0.2, 0.25) is 0 Å². The Morgan fingerprint density at radius 1 is 0.875 bits per heavy atom. The molecule has 0 bridgehead atoms. The maximum absolute atomic E-state index is 5.44. The molecule has 3 rings (SSSR count). The largest absolute Gasteiger partial charge is 0.412 e. The first-order valence-electron chi connectivity index (χ1n) is 5.59. The molecule has 2 N–H and O–H groups in total. The second kappa shape index (κ2) is 5.99. The van der Waals surface area contributed by atoms with Gasteiger partial charge in [0.15, 0.2) is 5.79 Å². The number of benzene rings is 1. The van der Waals surface area contributed by atoms with Crippen LogP contribution in [0.5, 0.6) is 0 Å². The lowest BCUT2D eigenvalue weighted by molar-refractivity contribution is -0.157. The first-order valence-corrected chi connectivity index (χ1v) is 5.59. The summed E-state index contributed by atoms with van der Waals surface area (Å²) in [5.74, 6) is 0.500. The van der Waals surface area contributed by atoms with Crippen molar-refractivity contribution in [3.8, 4) is 0 Å². The van der Waals surface area contributed by atoms with Crippen molar-refractivity contribution in [2.75, 3.05) is 13.2 Å². The fourth-order valence-electron chi connectivity index (χ4n) is 1.76. The third-order valence-electron chi connectivity index (χ3n) is 2.85. The molecule has 1 aliphatic carbocycles. The van der Waals surface area contributed by atoms with E-state index in [9.17, 15) is 0 Å². The van der Waals surface area contributed by atoms with Crippen molar-refractivity contribution >= 4 is 0 Å². The van der Waals surface area contributed by atoms with Crippen LogP contribution in [-0.4, -0.2) is 24.5 Å². The van der Waals surface area contributed by atoms with Gasteiger partial charge in [0.05, 0.1) is 13.2 Å². The van der Waals surface area contributed by atoms with Gasteiger partial charge in [-0.05, 0) is 19.8 Å². The van der Waals surface area contributed by atoms with Crippen LogP contribution >= 0.6 is 0 Å². The number of hydrogen-bond acceptors (Lipinski definition) is 2. The highest BCUT2D eigenvalue weighted by Gasteiger charge is 2.45. The monoisotopic (exact) mass is 224 g/mol. The van der Waals surface area contributed by atoms with E-state index in [2.05, 4.69) is 6.92 Å². The summed E-state index contributed by atoms with van der Waals surface area (Å²) < 4.78 is 10.9. The summed E-state index contributed by atoms with van der Waals surface area (Å²) >= 11 is 0. The van der Waals surface area contributed by atoms with Crippen molar-refractivity contribution < 1.29 is 14.9 Å². The van der Waals surface area contributed by atoms with Gasteiger partial charge in [-0.1, -0.05) is 36.4 Å². The predicted octanol–water partition coefficient (Wildman–Crippen LogP) is 2.02. The molecule has 2 fully saturated rings. The number of hydrogen-bond donors (Lipinski definition) is 0. The van der Waals surface area contributed by atoms with Gasteiger partial charge in [-0.2, -0.15) is 0 Å². The summed E-state index contributed by atoms with van der Waals surface area (Å²) in [7, 11) is 0. The standard InChI is InChI=1S/C7H12O2.C6H6.H2O/c1-7(6-2-3-6)8-4-5-9-7;1-2-4-6-5-3-1;/h6H,2-5H2,1H3;1-6H;1H2. The third kappa shape index (κ3) is 3.59. The van der Waals surface area contributed by atoms with Crippen LogP contribution < -0.4 is 0 Å². The van der Waals surface area contributed by atoms with Crippen molar-refractivity contribution in [3.63, 3.8) is 0 Å². The summed E-state index contributed by atoms with van der Waals surface area (Å²) in [6, 6.07) is 12.0. The molecule has 1 aromatic carbocycles. The Hall–Kier alpha value is -0.900. The van der Waals surface area contributed by atoms with Gasteiger partial charge >= 0.3 is 0 Å². The van der Waals surface area contributed by atoms with Gasteiger partial charge in [0.25, 0.3) is 0 Å². The molecule has 0 radical (unpaired) electrons. The second-order valence-corrected chi connectivity index (χ2v) is 4.14. The molecule has 16 heavy (non-hydrogen) atoms. The van der Waals surface area contributed by atoms with Gasteiger partial charge < -0.3 is 14.9 Å². The molecule has 0 atom stereocenters. The molecular formula is C13H20O3. The van der Waals surface area contributed by atoms with Crippen molar-refractivity contribution in [1.29, 1.82) is 0 Å². The molecule has 0 spiro atoms. The summed E-state index contributed by atoms with van der Waals surface area (Å²) in [5, 5.41) is 0. The summed E-state index contributed by atoms with van der Waals surface area (Å²) in [4.78, 5) is 0. The van der Waals surface area contributed by atoms with Crippen LogP contribution in [0.3, 0.4) is 0 Å². The van der Waals surface area contributed by atoms with Crippen LogP contribution in [0.4, 0.5) is 0 Å². The molecule has 1 saturated carbocycles. The Kier molecular flexibility index (Phi) is 4.93. The average Bonchev–Trinajstić information content (AvgIpc) is 3.07. The summed E-state index contributed by atoms with van der Waals surface area (Å²) in [6.45, 7) is 3.62. The SMILES string of the molecule is CC1(C2CC2)OCCO1.O.c1ccccc1. The van der Waals surface area contributed by atoms with Crippen LogP contribution in [0.25, 0.3) is 0 Å². The van der Waals surface area contributed by atoms with Crippen molar-refractivity contribution in [3.05, 3.63) is 36.4 Å². The first kappa shape index (κ1) is 13.2. The molecule has 1 saturated heterocycles. The molecule has 3 nitrogen and oxygen atoms in total. The smallest absolute Gasteiger partial charge is 0.168 e. The number of rotatable bonds is 1. The fourth-order valence-corrected chi connectivity index (χ4v) is 1.76. The van der Waals surface area contributed by atoms with E-state index in [1.165, 1.54) is 12.8 Å². The molecule has 90 valence electrons. The Morgan fingerprint density at radius 3 is 1.56 bits per heavy atom. The highest BCUT2D eigenvalue weighted by atomic mass is 16.7. The molecule has 1 aliphatic heterocycles. The maximum atomic E-state index is 5.44. The minimum absolute atomic E-state index is 0. The van der Waals surface area contributed by atoms with Crippen molar-refractivity contribution in [2.45, 2.75) is 25.6 Å². The summed E-state index contributed by atoms with van der Waals surface area (Å²) in [5.41, 5.74) is 0. The predicted molar refractivity (Wildman–Crippen MR) is 63.1 cm³/mol. The third-order valence-corrected chi connectivity index (χ3v) is 2.85. The highest BCUT2D eigenvalue weighted by Crippen LogP contribution is 2.44. The van der Waals surface area contributed by atoms with Crippen molar-refractivity contribution in [1.82, 2.24) is 0 Å². The van der Waals surface area contributed by atoms with Crippen molar-refractivity contribution in [2.24, 2.45) is 5.92 Å². The van der Waals surface area contributed by atoms with Crippen LogP contribution in [-0.2, 0) is 9.47 Å². The number of ether oxygens (including phenoxy) is 2. The van der Waals surface area contributed by atoms with Crippen LogP contribution in [0.1, 0.15) is 19.8 Å². The highest BCUT2D eigenvalue weighted by molar-refractivity contribution is 4.99. The Labute approximate surface area is 96.7 Å². The van der Waals surface area contributed by atoms with Gasteiger partial charge in [0.2, 0.25) is 0 Å². The van der Waals surface area contributed by atoms with E-state index in [1.807, 2.05) is 36.4 Å².